The number of aliphatic carboxylic acids is 1. The summed E-state index contributed by atoms with van der Waals surface area (Å²) in [5, 5.41) is 9.16. The van der Waals surface area contributed by atoms with Crippen LogP contribution in [0.4, 0.5) is 0 Å². The molecule has 1 N–H and O–H groups in total. The van der Waals surface area contributed by atoms with Gasteiger partial charge in [0.2, 0.25) is 0 Å². The lowest BCUT2D eigenvalue weighted by molar-refractivity contribution is -0.143. The molecule has 0 aromatic heterocycles. The second-order valence-electron chi connectivity index (χ2n) is 4.36. The number of benzene rings is 1. The number of carboxylic acid groups (broad SMARTS) is 1. The van der Waals surface area contributed by atoms with Crippen molar-refractivity contribution in [2.45, 2.75) is 25.3 Å². The summed E-state index contributed by atoms with van der Waals surface area (Å²) in [4.78, 5) is 24.9. The predicted octanol–water partition coefficient (Wildman–Crippen LogP) is 2.53. The summed E-state index contributed by atoms with van der Waals surface area (Å²) >= 11 is 3.31. The van der Waals surface area contributed by atoms with Crippen molar-refractivity contribution in [2.75, 3.05) is 6.54 Å². The van der Waals surface area contributed by atoms with E-state index >= 15 is 0 Å². The third-order valence-electron chi connectivity index (χ3n) is 3.12. The number of likely N-dealkylation sites (tertiary alicyclic amines) is 1. The Kier molecular flexibility index (Phi) is 4.01. The molecule has 0 unspecified atom stereocenters. The van der Waals surface area contributed by atoms with E-state index in [4.69, 9.17) is 5.11 Å². The van der Waals surface area contributed by atoms with Gasteiger partial charge in [-0.25, -0.2) is 4.79 Å². The molecule has 1 aliphatic heterocycles. The maximum absolute atomic E-state index is 12.3. The molecular formula is C13H14BrNO3. The first kappa shape index (κ1) is 13.1. The van der Waals surface area contributed by atoms with E-state index in [9.17, 15) is 9.59 Å². The van der Waals surface area contributed by atoms with E-state index in [0.29, 0.717) is 18.5 Å². The first-order chi connectivity index (χ1) is 8.59. The molecule has 1 fully saturated rings. The van der Waals surface area contributed by atoms with Gasteiger partial charge in [-0.1, -0.05) is 22.0 Å². The molecule has 1 aliphatic rings. The molecule has 0 bridgehead atoms. The van der Waals surface area contributed by atoms with Gasteiger partial charge in [0.15, 0.2) is 0 Å². The molecule has 5 heteroatoms. The van der Waals surface area contributed by atoms with Crippen molar-refractivity contribution < 1.29 is 14.7 Å². The van der Waals surface area contributed by atoms with Gasteiger partial charge in [0.05, 0.1) is 0 Å². The number of halogens is 1. The van der Waals surface area contributed by atoms with Gasteiger partial charge in [-0.15, -0.1) is 0 Å². The molecule has 0 radical (unpaired) electrons. The minimum absolute atomic E-state index is 0.205. The number of rotatable bonds is 2. The zero-order chi connectivity index (χ0) is 13.1. The molecule has 96 valence electrons. The minimum Gasteiger partial charge on any atom is -0.480 e. The Morgan fingerprint density at radius 1 is 1.33 bits per heavy atom. The van der Waals surface area contributed by atoms with Crippen LogP contribution in [0.1, 0.15) is 29.6 Å². The first-order valence-electron chi connectivity index (χ1n) is 5.89. The van der Waals surface area contributed by atoms with Crippen LogP contribution in [-0.2, 0) is 4.79 Å². The maximum atomic E-state index is 12.3. The standard InChI is InChI=1S/C13H14BrNO3/c14-10-5-3-4-9(8-10)12(16)15-7-2-1-6-11(15)13(17)18/h3-5,8,11H,1-2,6-7H2,(H,17,18)/t11-/m0/s1. The zero-order valence-electron chi connectivity index (χ0n) is 9.80. The largest absolute Gasteiger partial charge is 0.480 e. The summed E-state index contributed by atoms with van der Waals surface area (Å²) < 4.78 is 0.817. The van der Waals surface area contributed by atoms with Gasteiger partial charge in [0, 0.05) is 16.6 Å². The van der Waals surface area contributed by atoms with Crippen molar-refractivity contribution in [1.82, 2.24) is 4.90 Å². The van der Waals surface area contributed by atoms with Crippen LogP contribution in [0.3, 0.4) is 0 Å². The Morgan fingerprint density at radius 2 is 2.11 bits per heavy atom. The van der Waals surface area contributed by atoms with Crippen molar-refractivity contribution in [3.05, 3.63) is 34.3 Å². The van der Waals surface area contributed by atoms with Crippen molar-refractivity contribution in [2.24, 2.45) is 0 Å². The molecule has 1 aromatic rings. The Morgan fingerprint density at radius 3 is 2.78 bits per heavy atom. The molecule has 1 saturated heterocycles. The summed E-state index contributed by atoms with van der Waals surface area (Å²) in [6.45, 7) is 0.516. The van der Waals surface area contributed by atoms with Crippen LogP contribution in [0, 0.1) is 0 Å². The van der Waals surface area contributed by atoms with Crippen LogP contribution < -0.4 is 0 Å². The van der Waals surface area contributed by atoms with Crippen molar-refractivity contribution in [1.29, 1.82) is 0 Å². The molecule has 4 nitrogen and oxygen atoms in total. The van der Waals surface area contributed by atoms with Crippen molar-refractivity contribution in [3.63, 3.8) is 0 Å². The molecular weight excluding hydrogens is 298 g/mol. The minimum atomic E-state index is -0.918. The third kappa shape index (κ3) is 2.72. The summed E-state index contributed by atoms with van der Waals surface area (Å²) in [5.41, 5.74) is 0.525. The fraction of sp³-hybridized carbons (Fsp3) is 0.385. The topological polar surface area (TPSA) is 57.6 Å². The van der Waals surface area contributed by atoms with Gasteiger partial charge in [0.1, 0.15) is 6.04 Å². The number of carboxylic acids is 1. The number of carbonyl (C=O) groups is 2. The van der Waals surface area contributed by atoms with E-state index in [1.165, 1.54) is 4.90 Å². The monoisotopic (exact) mass is 311 g/mol. The Labute approximate surface area is 114 Å². The van der Waals surface area contributed by atoms with Crippen LogP contribution in [0.5, 0.6) is 0 Å². The highest BCUT2D eigenvalue weighted by Gasteiger charge is 2.32. The molecule has 1 heterocycles. The number of nitrogens with zero attached hydrogens (tertiary/aromatic N) is 1. The molecule has 18 heavy (non-hydrogen) atoms. The quantitative estimate of drug-likeness (QED) is 0.913. The first-order valence-corrected chi connectivity index (χ1v) is 6.68. The number of carbonyl (C=O) groups excluding carboxylic acids is 1. The molecule has 2 rings (SSSR count). The number of hydrogen-bond donors (Lipinski definition) is 1. The fourth-order valence-electron chi connectivity index (χ4n) is 2.22. The lowest BCUT2D eigenvalue weighted by Crippen LogP contribution is -2.47. The van der Waals surface area contributed by atoms with Crippen molar-refractivity contribution in [3.8, 4) is 0 Å². The molecule has 0 saturated carbocycles. The van der Waals surface area contributed by atoms with Crippen LogP contribution in [-0.4, -0.2) is 34.5 Å². The second kappa shape index (κ2) is 5.52. The Bertz CT molecular complexity index is 475. The average Bonchev–Trinajstić information content (AvgIpc) is 2.38. The third-order valence-corrected chi connectivity index (χ3v) is 3.61. The van der Waals surface area contributed by atoms with E-state index in [0.717, 1.165) is 17.3 Å². The SMILES string of the molecule is O=C(O)[C@@H]1CCCCN1C(=O)c1cccc(Br)c1. The Balaban J connectivity index is 2.23. The van der Waals surface area contributed by atoms with E-state index in [2.05, 4.69) is 15.9 Å². The normalized spacial score (nSPS) is 19.6. The summed E-state index contributed by atoms with van der Waals surface area (Å²) in [6.07, 6.45) is 2.26. The lowest BCUT2D eigenvalue weighted by atomic mass is 10.0. The van der Waals surface area contributed by atoms with E-state index in [1.807, 2.05) is 6.07 Å². The highest BCUT2D eigenvalue weighted by Crippen LogP contribution is 2.21. The van der Waals surface area contributed by atoms with Gasteiger partial charge in [0.25, 0.3) is 5.91 Å². The smallest absolute Gasteiger partial charge is 0.326 e. The zero-order valence-corrected chi connectivity index (χ0v) is 11.4. The van der Waals surface area contributed by atoms with E-state index in [-0.39, 0.29) is 5.91 Å². The van der Waals surface area contributed by atoms with E-state index < -0.39 is 12.0 Å². The fourth-order valence-corrected chi connectivity index (χ4v) is 2.62. The number of hydrogen-bond acceptors (Lipinski definition) is 2. The van der Waals surface area contributed by atoms with Gasteiger partial charge in [-0.3, -0.25) is 4.79 Å². The summed E-state index contributed by atoms with van der Waals surface area (Å²) in [6, 6.07) is 6.35. The predicted molar refractivity (Wildman–Crippen MR) is 70.5 cm³/mol. The van der Waals surface area contributed by atoms with Crippen LogP contribution in [0.2, 0.25) is 0 Å². The number of amides is 1. The van der Waals surface area contributed by atoms with E-state index in [1.54, 1.807) is 18.2 Å². The number of piperidine rings is 1. The summed E-state index contributed by atoms with van der Waals surface area (Å²) in [7, 11) is 0. The molecule has 1 atom stereocenters. The molecule has 0 spiro atoms. The van der Waals surface area contributed by atoms with Crippen LogP contribution in [0.15, 0.2) is 28.7 Å². The summed E-state index contributed by atoms with van der Waals surface area (Å²) in [5.74, 6) is -1.12. The highest BCUT2D eigenvalue weighted by atomic mass is 79.9. The molecule has 1 amide bonds. The Hall–Kier alpha value is -1.36. The van der Waals surface area contributed by atoms with Gasteiger partial charge < -0.3 is 10.0 Å². The van der Waals surface area contributed by atoms with Crippen LogP contribution >= 0.6 is 15.9 Å². The molecule has 0 aliphatic carbocycles. The highest BCUT2D eigenvalue weighted by molar-refractivity contribution is 9.10. The second-order valence-corrected chi connectivity index (χ2v) is 5.27. The van der Waals surface area contributed by atoms with Crippen molar-refractivity contribution >= 4 is 27.8 Å². The molecule has 1 aromatic carbocycles. The van der Waals surface area contributed by atoms with Gasteiger partial charge >= 0.3 is 5.97 Å². The average molecular weight is 312 g/mol. The van der Waals surface area contributed by atoms with Gasteiger partial charge in [-0.2, -0.15) is 0 Å². The van der Waals surface area contributed by atoms with Crippen LogP contribution in [0.25, 0.3) is 0 Å². The van der Waals surface area contributed by atoms with Gasteiger partial charge in [-0.05, 0) is 37.5 Å². The maximum Gasteiger partial charge on any atom is 0.326 e. The lowest BCUT2D eigenvalue weighted by Gasteiger charge is -2.33.